The molecule has 3 aromatic carbocycles. The molecule has 0 bridgehead atoms. The number of benzene rings is 3. The van der Waals surface area contributed by atoms with Gasteiger partial charge in [0.25, 0.3) is 0 Å². The maximum absolute atomic E-state index is 3.81. The quantitative estimate of drug-likeness (QED) is 0.384. The molecule has 0 heterocycles. The van der Waals surface area contributed by atoms with Gasteiger partial charge in [0.05, 0.1) is 0 Å². The molecule has 0 saturated carbocycles. The third-order valence-corrected chi connectivity index (χ3v) is 5.88. The predicted octanol–water partition coefficient (Wildman–Crippen LogP) is 6.97. The first-order valence-corrected chi connectivity index (χ1v) is 10.2. The van der Waals surface area contributed by atoms with Gasteiger partial charge in [-0.25, -0.2) is 0 Å². The summed E-state index contributed by atoms with van der Waals surface area (Å²) in [6, 6.07) is 27.0. The van der Waals surface area contributed by atoms with Crippen molar-refractivity contribution < 1.29 is 0 Å². The lowest BCUT2D eigenvalue weighted by Gasteiger charge is -2.30. The predicted molar refractivity (Wildman–Crippen MR) is 116 cm³/mol. The molecule has 0 aliphatic heterocycles. The Kier molecular flexibility index (Phi) is 5.53. The summed E-state index contributed by atoms with van der Waals surface area (Å²) in [6.07, 6.45) is 9.30. The second-order valence-electron chi connectivity index (χ2n) is 7.70. The van der Waals surface area contributed by atoms with Crippen molar-refractivity contribution in [3.63, 3.8) is 0 Å². The van der Waals surface area contributed by atoms with E-state index in [1.807, 2.05) is 6.08 Å². The maximum atomic E-state index is 3.81. The normalized spacial score (nSPS) is 15.0. The average molecular weight is 353 g/mol. The first kappa shape index (κ1) is 17.8. The van der Waals surface area contributed by atoms with E-state index in [9.17, 15) is 0 Å². The van der Waals surface area contributed by atoms with E-state index >= 15 is 0 Å². The Morgan fingerprint density at radius 3 is 2.00 bits per heavy atom. The highest BCUT2D eigenvalue weighted by Gasteiger charge is 2.26. The Labute approximate surface area is 163 Å². The lowest BCUT2D eigenvalue weighted by molar-refractivity contribution is 0.677. The van der Waals surface area contributed by atoms with Gasteiger partial charge in [-0.1, -0.05) is 91.9 Å². The molecule has 0 spiro atoms. The van der Waals surface area contributed by atoms with E-state index in [-0.39, 0.29) is 0 Å². The molecule has 3 aromatic rings. The van der Waals surface area contributed by atoms with Crippen molar-refractivity contribution >= 4 is 6.08 Å². The van der Waals surface area contributed by atoms with Crippen LogP contribution in [0.3, 0.4) is 0 Å². The van der Waals surface area contributed by atoms with Crippen LogP contribution < -0.4 is 0 Å². The van der Waals surface area contributed by atoms with Crippen LogP contribution in [-0.2, 0) is 19.3 Å². The second kappa shape index (κ2) is 8.39. The van der Waals surface area contributed by atoms with Gasteiger partial charge in [-0.15, -0.1) is 0 Å². The number of unbranched alkanes of at least 4 members (excludes halogenated alkanes) is 2. The van der Waals surface area contributed by atoms with Crippen LogP contribution >= 0.6 is 0 Å². The molecule has 0 fully saturated rings. The Morgan fingerprint density at radius 1 is 0.741 bits per heavy atom. The second-order valence-corrected chi connectivity index (χ2v) is 7.70. The summed E-state index contributed by atoms with van der Waals surface area (Å²) in [5.41, 5.74) is 8.62. The van der Waals surface area contributed by atoms with Crippen LogP contribution in [0.15, 0.2) is 79.4 Å². The lowest BCUT2D eigenvalue weighted by Crippen LogP contribution is -2.17. The molecule has 0 aromatic heterocycles. The van der Waals surface area contributed by atoms with Crippen molar-refractivity contribution in [3.8, 4) is 0 Å². The highest BCUT2D eigenvalue weighted by atomic mass is 14.3. The summed E-state index contributed by atoms with van der Waals surface area (Å²) in [5, 5.41) is 0. The zero-order chi connectivity index (χ0) is 18.5. The highest BCUT2D eigenvalue weighted by Crippen LogP contribution is 2.39. The standard InChI is InChI=1S/C27H28/c1-2-21-12-14-22(15-13-21)8-4-3-5-9-23-16-18-24(19-17-23)27-20-25-10-6-7-11-26(25)27/h2,6-7,10-19,27H,1,3-5,8-9,20H2. The maximum Gasteiger partial charge on any atom is 0.0133 e. The topological polar surface area (TPSA) is 0 Å². The van der Waals surface area contributed by atoms with Crippen LogP contribution in [0, 0.1) is 0 Å². The van der Waals surface area contributed by atoms with Crippen LogP contribution in [-0.4, -0.2) is 0 Å². The molecule has 0 amide bonds. The van der Waals surface area contributed by atoms with Crippen molar-refractivity contribution in [2.75, 3.05) is 0 Å². The third kappa shape index (κ3) is 4.22. The minimum absolute atomic E-state index is 0.614. The number of hydrogen-bond donors (Lipinski definition) is 0. The number of hydrogen-bond acceptors (Lipinski definition) is 0. The summed E-state index contributed by atoms with van der Waals surface area (Å²) in [5.74, 6) is 0.614. The zero-order valence-electron chi connectivity index (χ0n) is 16.0. The molecule has 0 saturated heterocycles. The molecular weight excluding hydrogens is 324 g/mol. The molecule has 1 aliphatic rings. The lowest BCUT2D eigenvalue weighted by atomic mass is 9.74. The fraction of sp³-hybridized carbons (Fsp3) is 0.259. The average Bonchev–Trinajstić information content (AvgIpc) is 2.70. The molecule has 0 heteroatoms. The smallest absolute Gasteiger partial charge is 0.0133 e. The summed E-state index contributed by atoms with van der Waals surface area (Å²) >= 11 is 0. The van der Waals surface area contributed by atoms with Gasteiger partial charge in [-0.3, -0.25) is 0 Å². The summed E-state index contributed by atoms with van der Waals surface area (Å²) in [6.45, 7) is 3.81. The molecule has 27 heavy (non-hydrogen) atoms. The molecule has 0 nitrogen and oxygen atoms in total. The Bertz CT molecular complexity index is 884. The Hall–Kier alpha value is -2.60. The minimum Gasteiger partial charge on any atom is -0.0985 e. The van der Waals surface area contributed by atoms with Crippen molar-refractivity contribution in [2.45, 2.75) is 44.4 Å². The van der Waals surface area contributed by atoms with Crippen LogP contribution in [0.4, 0.5) is 0 Å². The van der Waals surface area contributed by atoms with Gasteiger partial charge < -0.3 is 0 Å². The van der Waals surface area contributed by atoms with E-state index in [0.29, 0.717) is 5.92 Å². The van der Waals surface area contributed by atoms with E-state index in [4.69, 9.17) is 0 Å². The van der Waals surface area contributed by atoms with Gasteiger partial charge in [-0.05, 0) is 65.5 Å². The summed E-state index contributed by atoms with van der Waals surface area (Å²) < 4.78 is 0. The van der Waals surface area contributed by atoms with E-state index in [1.54, 1.807) is 0 Å². The van der Waals surface area contributed by atoms with Crippen LogP contribution in [0.1, 0.15) is 58.6 Å². The number of aryl methyl sites for hydroxylation is 2. The molecule has 1 unspecified atom stereocenters. The fourth-order valence-electron chi connectivity index (χ4n) is 4.13. The third-order valence-electron chi connectivity index (χ3n) is 5.88. The Balaban J connectivity index is 1.21. The Morgan fingerprint density at radius 2 is 1.37 bits per heavy atom. The molecule has 4 rings (SSSR count). The zero-order valence-corrected chi connectivity index (χ0v) is 16.0. The van der Waals surface area contributed by atoms with Crippen molar-refractivity contribution in [1.29, 1.82) is 0 Å². The van der Waals surface area contributed by atoms with Gasteiger partial charge >= 0.3 is 0 Å². The van der Waals surface area contributed by atoms with E-state index in [2.05, 4.69) is 79.4 Å². The van der Waals surface area contributed by atoms with Gasteiger partial charge in [0.15, 0.2) is 0 Å². The van der Waals surface area contributed by atoms with Crippen molar-refractivity contribution in [1.82, 2.24) is 0 Å². The molecule has 0 N–H and O–H groups in total. The van der Waals surface area contributed by atoms with E-state index in [0.717, 1.165) is 0 Å². The molecule has 0 radical (unpaired) electrons. The summed E-state index contributed by atoms with van der Waals surface area (Å²) in [7, 11) is 0. The SMILES string of the molecule is C=Cc1ccc(CCCCCc2ccc(C3Cc4ccccc43)cc2)cc1. The first-order valence-electron chi connectivity index (χ1n) is 10.2. The van der Waals surface area contributed by atoms with E-state index in [1.165, 1.54) is 71.9 Å². The van der Waals surface area contributed by atoms with Crippen molar-refractivity contribution in [3.05, 3.63) is 113 Å². The van der Waals surface area contributed by atoms with Crippen LogP contribution in [0.5, 0.6) is 0 Å². The molecular formula is C27H28. The molecule has 1 atom stereocenters. The summed E-state index contributed by atoms with van der Waals surface area (Å²) in [4.78, 5) is 0. The minimum atomic E-state index is 0.614. The number of rotatable bonds is 8. The molecule has 1 aliphatic carbocycles. The largest absolute Gasteiger partial charge is 0.0985 e. The highest BCUT2D eigenvalue weighted by molar-refractivity contribution is 5.48. The van der Waals surface area contributed by atoms with Gasteiger partial charge in [-0.2, -0.15) is 0 Å². The van der Waals surface area contributed by atoms with E-state index < -0.39 is 0 Å². The van der Waals surface area contributed by atoms with Gasteiger partial charge in [0.2, 0.25) is 0 Å². The van der Waals surface area contributed by atoms with Crippen LogP contribution in [0.25, 0.3) is 6.08 Å². The van der Waals surface area contributed by atoms with Gasteiger partial charge in [0.1, 0.15) is 0 Å². The first-order chi connectivity index (χ1) is 13.3. The van der Waals surface area contributed by atoms with Crippen molar-refractivity contribution in [2.24, 2.45) is 0 Å². The monoisotopic (exact) mass is 352 g/mol. The van der Waals surface area contributed by atoms with Crippen LogP contribution in [0.2, 0.25) is 0 Å². The van der Waals surface area contributed by atoms with Gasteiger partial charge in [0, 0.05) is 5.92 Å². The molecule has 136 valence electrons. The fourth-order valence-corrected chi connectivity index (χ4v) is 4.13. The number of fused-ring (bicyclic) bond motifs is 1.